The number of ether oxygens (including phenoxy) is 1. The number of nitrogens with one attached hydrogen (secondary N) is 3. The Morgan fingerprint density at radius 3 is 2.38 bits per heavy atom. The molecule has 1 saturated heterocycles. The van der Waals surface area contributed by atoms with Crippen LogP contribution in [-0.2, 0) is 14.3 Å². The molecule has 2 heterocycles. The number of amides is 3. The summed E-state index contributed by atoms with van der Waals surface area (Å²) in [6.45, 7) is 0.545. The van der Waals surface area contributed by atoms with E-state index >= 15 is 0 Å². The quantitative estimate of drug-likeness (QED) is 0.432. The largest absolute Gasteiger partial charge is 0.453 e. The van der Waals surface area contributed by atoms with Crippen molar-refractivity contribution in [2.75, 3.05) is 20.2 Å². The van der Waals surface area contributed by atoms with Gasteiger partial charge in [0.1, 0.15) is 17.8 Å². The first-order valence-corrected chi connectivity index (χ1v) is 12.1. The van der Waals surface area contributed by atoms with Crippen LogP contribution < -0.4 is 10.6 Å². The summed E-state index contributed by atoms with van der Waals surface area (Å²) in [5.41, 5.74) is 2.37. The predicted octanol–water partition coefficient (Wildman–Crippen LogP) is 2.43. The van der Waals surface area contributed by atoms with Gasteiger partial charge in [-0.25, -0.2) is 9.78 Å². The van der Waals surface area contributed by atoms with Crippen LogP contribution in [0, 0.1) is 11.8 Å². The van der Waals surface area contributed by atoms with E-state index in [1.807, 2.05) is 60.7 Å². The summed E-state index contributed by atoms with van der Waals surface area (Å²) >= 11 is 0. The van der Waals surface area contributed by atoms with E-state index in [1.54, 1.807) is 11.1 Å². The Bertz CT molecular complexity index is 1210. The third kappa shape index (κ3) is 6.35. The lowest BCUT2D eigenvalue weighted by Gasteiger charge is -2.33. The number of H-pyrrole nitrogens is 1. The molecule has 4 rings (SSSR count). The number of methoxy groups -OCH3 is 1. The van der Waals surface area contributed by atoms with Crippen molar-refractivity contribution in [1.82, 2.24) is 25.5 Å². The molecule has 3 aromatic rings. The molecule has 1 aromatic heterocycles. The zero-order chi connectivity index (χ0) is 26.0. The Hall–Kier alpha value is -4.58. The third-order valence-electron chi connectivity index (χ3n) is 6.29. The Balaban J connectivity index is 1.58. The van der Waals surface area contributed by atoms with Gasteiger partial charge in [0.25, 0.3) is 0 Å². The van der Waals surface area contributed by atoms with E-state index in [4.69, 9.17) is 4.74 Å². The van der Waals surface area contributed by atoms with Gasteiger partial charge in [-0.2, -0.15) is 0 Å². The molecule has 190 valence electrons. The maximum atomic E-state index is 14.0. The summed E-state index contributed by atoms with van der Waals surface area (Å²) < 4.78 is 4.86. The average molecular weight is 500 g/mol. The first kappa shape index (κ1) is 25.5. The highest BCUT2D eigenvalue weighted by molar-refractivity contribution is 5.93. The van der Waals surface area contributed by atoms with E-state index in [2.05, 4.69) is 32.4 Å². The zero-order valence-corrected chi connectivity index (χ0v) is 20.5. The number of hydrogen-bond acceptors (Lipinski definition) is 5. The molecule has 37 heavy (non-hydrogen) atoms. The van der Waals surface area contributed by atoms with Gasteiger partial charge in [-0.3, -0.25) is 9.59 Å². The van der Waals surface area contributed by atoms with Crippen LogP contribution >= 0.6 is 0 Å². The second-order valence-corrected chi connectivity index (χ2v) is 8.59. The minimum absolute atomic E-state index is 0.136. The van der Waals surface area contributed by atoms with Crippen LogP contribution in [0.4, 0.5) is 4.79 Å². The fraction of sp³-hybridized carbons (Fsp3) is 0.286. The Morgan fingerprint density at radius 1 is 1.11 bits per heavy atom. The van der Waals surface area contributed by atoms with Crippen molar-refractivity contribution in [2.45, 2.75) is 30.8 Å². The number of benzene rings is 2. The van der Waals surface area contributed by atoms with Crippen LogP contribution in [0.3, 0.4) is 0 Å². The summed E-state index contributed by atoms with van der Waals surface area (Å²) in [5.74, 6) is 4.64. The van der Waals surface area contributed by atoms with Gasteiger partial charge >= 0.3 is 6.09 Å². The fourth-order valence-corrected chi connectivity index (χ4v) is 4.57. The molecule has 2 atom stereocenters. The molecule has 0 unspecified atom stereocenters. The van der Waals surface area contributed by atoms with Gasteiger partial charge in [-0.15, -0.1) is 0 Å². The third-order valence-corrected chi connectivity index (χ3v) is 6.29. The van der Waals surface area contributed by atoms with Crippen LogP contribution in [0.15, 0.2) is 73.2 Å². The molecule has 0 aliphatic carbocycles. The first-order chi connectivity index (χ1) is 18.1. The van der Waals surface area contributed by atoms with Crippen molar-refractivity contribution in [2.24, 2.45) is 0 Å². The van der Waals surface area contributed by atoms with Gasteiger partial charge in [0.15, 0.2) is 0 Å². The number of likely N-dealkylation sites (tertiary alicyclic amines) is 1. The fourth-order valence-electron chi connectivity index (χ4n) is 4.57. The lowest BCUT2D eigenvalue weighted by molar-refractivity contribution is -0.140. The second kappa shape index (κ2) is 12.4. The molecule has 2 aromatic carbocycles. The van der Waals surface area contributed by atoms with Gasteiger partial charge in [-0.05, 0) is 29.9 Å². The zero-order valence-electron chi connectivity index (χ0n) is 20.5. The molecule has 0 spiro atoms. The summed E-state index contributed by atoms with van der Waals surface area (Å²) in [6, 6.07) is 17.4. The lowest BCUT2D eigenvalue weighted by Crippen LogP contribution is -2.55. The molecular weight excluding hydrogens is 470 g/mol. The van der Waals surface area contributed by atoms with Crippen LogP contribution in [0.1, 0.15) is 35.6 Å². The maximum Gasteiger partial charge on any atom is 0.407 e. The van der Waals surface area contributed by atoms with Crippen LogP contribution in [0.5, 0.6) is 0 Å². The molecular formula is C28H29N5O4. The summed E-state index contributed by atoms with van der Waals surface area (Å²) in [7, 11) is 1.26. The molecule has 0 radical (unpaired) electrons. The van der Waals surface area contributed by atoms with E-state index in [0.29, 0.717) is 25.1 Å². The minimum Gasteiger partial charge on any atom is -0.453 e. The highest BCUT2D eigenvalue weighted by atomic mass is 16.5. The summed E-state index contributed by atoms with van der Waals surface area (Å²) in [4.78, 5) is 47.8. The minimum atomic E-state index is -0.981. The van der Waals surface area contributed by atoms with Crippen molar-refractivity contribution in [3.05, 3.63) is 90.0 Å². The number of aromatic nitrogens is 2. The monoisotopic (exact) mass is 499 g/mol. The Labute approximate surface area is 215 Å². The number of carbonyl (C=O) groups is 3. The normalized spacial score (nSPS) is 15.4. The van der Waals surface area contributed by atoms with Crippen molar-refractivity contribution in [1.29, 1.82) is 0 Å². The van der Waals surface area contributed by atoms with Gasteiger partial charge in [0.2, 0.25) is 11.8 Å². The molecule has 9 heteroatoms. The molecule has 0 bridgehead atoms. The molecule has 3 N–H and O–H groups in total. The van der Waals surface area contributed by atoms with Gasteiger partial charge in [0.05, 0.1) is 26.2 Å². The van der Waals surface area contributed by atoms with Crippen LogP contribution in [-0.4, -0.2) is 65.1 Å². The molecule has 1 aliphatic heterocycles. The van der Waals surface area contributed by atoms with Crippen molar-refractivity contribution in [3.8, 4) is 11.8 Å². The number of aromatic amines is 1. The van der Waals surface area contributed by atoms with Gasteiger partial charge in [-0.1, -0.05) is 66.6 Å². The van der Waals surface area contributed by atoms with Crippen molar-refractivity contribution >= 4 is 17.9 Å². The van der Waals surface area contributed by atoms with E-state index in [-0.39, 0.29) is 18.4 Å². The van der Waals surface area contributed by atoms with Gasteiger partial charge in [0, 0.05) is 12.5 Å². The standard InChI is InChI=1S/C28H29N5O4/c1-37-28(36)32-25(24(20-10-4-2-5-11-20)21-12-6-3-7-13-21)27(35)33-17-9-15-23(33)26(34)30-16-8-14-22-18-29-19-31-22/h2-7,10-13,18-19,23-25H,9,15-17H2,1H3,(H,29,31)(H,30,34)(H,32,36)/t23-,25+/m0/s1. The highest BCUT2D eigenvalue weighted by Gasteiger charge is 2.41. The molecule has 0 saturated carbocycles. The van der Waals surface area contributed by atoms with Gasteiger partial charge < -0.3 is 25.3 Å². The number of hydrogen-bond donors (Lipinski definition) is 3. The first-order valence-electron chi connectivity index (χ1n) is 12.1. The number of rotatable bonds is 7. The summed E-state index contributed by atoms with van der Waals surface area (Å²) in [5, 5.41) is 5.55. The molecule has 1 aliphatic rings. The lowest BCUT2D eigenvalue weighted by atomic mass is 9.84. The van der Waals surface area contributed by atoms with E-state index < -0.39 is 24.1 Å². The molecule has 3 amide bonds. The Morgan fingerprint density at radius 2 is 1.78 bits per heavy atom. The second-order valence-electron chi connectivity index (χ2n) is 8.59. The topological polar surface area (TPSA) is 116 Å². The molecule has 1 fully saturated rings. The number of alkyl carbamates (subject to hydrolysis) is 1. The van der Waals surface area contributed by atoms with Crippen molar-refractivity contribution < 1.29 is 19.1 Å². The van der Waals surface area contributed by atoms with Crippen LogP contribution in [0.2, 0.25) is 0 Å². The smallest absolute Gasteiger partial charge is 0.407 e. The predicted molar refractivity (Wildman–Crippen MR) is 137 cm³/mol. The van der Waals surface area contributed by atoms with Crippen molar-refractivity contribution in [3.63, 3.8) is 0 Å². The summed E-state index contributed by atoms with van der Waals surface area (Å²) in [6.07, 6.45) is 3.61. The number of nitrogens with zero attached hydrogens (tertiary/aromatic N) is 2. The van der Waals surface area contributed by atoms with Crippen LogP contribution in [0.25, 0.3) is 0 Å². The van der Waals surface area contributed by atoms with E-state index in [9.17, 15) is 14.4 Å². The Kier molecular flexibility index (Phi) is 8.55. The highest BCUT2D eigenvalue weighted by Crippen LogP contribution is 2.31. The number of imidazole rings is 1. The molecule has 9 nitrogen and oxygen atoms in total. The van der Waals surface area contributed by atoms with E-state index in [1.165, 1.54) is 13.4 Å². The SMILES string of the molecule is COC(=O)N[C@@H](C(=O)N1CCC[C@H]1C(=O)NCC#Cc1cnc[nH]1)C(c1ccccc1)c1ccccc1. The maximum absolute atomic E-state index is 14.0. The number of carbonyl (C=O) groups excluding carboxylic acids is 3. The van der Waals surface area contributed by atoms with E-state index in [0.717, 1.165) is 11.1 Å². The average Bonchev–Trinajstić information content (AvgIpc) is 3.64.